The van der Waals surface area contributed by atoms with Crippen molar-refractivity contribution >= 4 is 35.1 Å². The molecule has 0 aliphatic carbocycles. The van der Waals surface area contributed by atoms with Crippen molar-refractivity contribution in [1.82, 2.24) is 15.0 Å². The molecule has 102 valence electrons. The highest BCUT2D eigenvalue weighted by molar-refractivity contribution is 7.98. The zero-order valence-electron chi connectivity index (χ0n) is 10.7. The molecule has 0 saturated heterocycles. The zero-order chi connectivity index (χ0) is 14.1. The van der Waals surface area contributed by atoms with Gasteiger partial charge >= 0.3 is 0 Å². The van der Waals surface area contributed by atoms with Gasteiger partial charge in [-0.05, 0) is 18.4 Å². The van der Waals surface area contributed by atoms with Crippen LogP contribution in [0.25, 0.3) is 0 Å². The third kappa shape index (κ3) is 2.36. The van der Waals surface area contributed by atoms with E-state index in [-0.39, 0.29) is 12.3 Å². The Morgan fingerprint density at radius 2 is 2.25 bits per heavy atom. The lowest BCUT2D eigenvalue weighted by Crippen LogP contribution is -2.27. The molecule has 1 amide bonds. The summed E-state index contributed by atoms with van der Waals surface area (Å²) in [6.45, 7) is 0.397. The minimum absolute atomic E-state index is 0.0277. The van der Waals surface area contributed by atoms with Gasteiger partial charge in [-0.3, -0.25) is 14.7 Å². The van der Waals surface area contributed by atoms with Crippen LogP contribution < -0.4 is 4.90 Å². The summed E-state index contributed by atoms with van der Waals surface area (Å²) in [6.07, 6.45) is 3.82. The molecule has 7 heteroatoms. The molecule has 0 saturated carbocycles. The van der Waals surface area contributed by atoms with Gasteiger partial charge in [0.2, 0.25) is 5.91 Å². The van der Waals surface area contributed by atoms with Crippen molar-refractivity contribution in [3.63, 3.8) is 0 Å². The highest BCUT2D eigenvalue weighted by Gasteiger charge is 2.32. The molecular weight excluding hydrogens is 296 g/mol. The molecule has 3 rings (SSSR count). The van der Waals surface area contributed by atoms with Crippen LogP contribution in [-0.2, 0) is 17.8 Å². The number of carbonyl (C=O) groups excluding carboxylic acids is 1. The number of nitrogens with zero attached hydrogens (tertiary/aromatic N) is 4. The molecule has 0 atom stereocenters. The van der Waals surface area contributed by atoms with E-state index in [0.29, 0.717) is 28.2 Å². The summed E-state index contributed by atoms with van der Waals surface area (Å²) in [5, 5.41) is 0.922. The summed E-state index contributed by atoms with van der Waals surface area (Å²) in [5.41, 5.74) is 1.51. The Hall–Kier alpha value is -1.66. The maximum atomic E-state index is 12.2. The fourth-order valence-corrected chi connectivity index (χ4v) is 2.72. The Morgan fingerprint density at radius 3 is 2.95 bits per heavy atom. The summed E-state index contributed by atoms with van der Waals surface area (Å²) in [6, 6.07) is 5.61. The quantitative estimate of drug-likeness (QED) is 0.495. The normalized spacial score (nSPS) is 13.7. The number of rotatable bonds is 3. The number of hydrogen-bond donors (Lipinski definition) is 0. The predicted molar refractivity (Wildman–Crippen MR) is 78.0 cm³/mol. The first-order valence-electron chi connectivity index (χ1n) is 5.99. The Bertz CT molecular complexity index is 665. The van der Waals surface area contributed by atoms with E-state index in [9.17, 15) is 4.79 Å². The van der Waals surface area contributed by atoms with E-state index in [0.717, 1.165) is 5.69 Å². The molecule has 0 unspecified atom stereocenters. The van der Waals surface area contributed by atoms with E-state index in [2.05, 4.69) is 15.0 Å². The van der Waals surface area contributed by atoms with Crippen molar-refractivity contribution in [2.45, 2.75) is 18.1 Å². The molecule has 0 N–H and O–H groups in total. The average Bonchev–Trinajstić information content (AvgIpc) is 2.77. The smallest absolute Gasteiger partial charge is 0.233 e. The van der Waals surface area contributed by atoms with Crippen LogP contribution in [0.2, 0.25) is 5.15 Å². The number of aromatic nitrogens is 3. The Labute approximate surface area is 125 Å². The lowest BCUT2D eigenvalue weighted by molar-refractivity contribution is -0.117. The second-order valence-corrected chi connectivity index (χ2v) is 5.41. The van der Waals surface area contributed by atoms with Gasteiger partial charge < -0.3 is 0 Å². The minimum atomic E-state index is -0.0277. The van der Waals surface area contributed by atoms with Crippen molar-refractivity contribution in [1.29, 1.82) is 0 Å². The molecule has 0 aromatic carbocycles. The van der Waals surface area contributed by atoms with Gasteiger partial charge in [0.25, 0.3) is 0 Å². The van der Waals surface area contributed by atoms with E-state index in [1.165, 1.54) is 11.8 Å². The highest BCUT2D eigenvalue weighted by Crippen LogP contribution is 2.33. The van der Waals surface area contributed by atoms with Crippen LogP contribution in [0.4, 0.5) is 5.82 Å². The van der Waals surface area contributed by atoms with Gasteiger partial charge in [-0.25, -0.2) is 9.97 Å². The average molecular weight is 307 g/mol. The van der Waals surface area contributed by atoms with Crippen LogP contribution in [-0.4, -0.2) is 27.1 Å². The number of anilines is 1. The Kier molecular flexibility index (Phi) is 3.58. The first kappa shape index (κ1) is 13.3. The molecule has 1 aliphatic heterocycles. The second-order valence-electron chi connectivity index (χ2n) is 4.28. The molecule has 2 aromatic heterocycles. The van der Waals surface area contributed by atoms with Crippen molar-refractivity contribution in [3.05, 3.63) is 40.8 Å². The third-order valence-corrected chi connectivity index (χ3v) is 3.89. The summed E-state index contributed by atoms with van der Waals surface area (Å²) in [5.74, 6) is 0.574. The number of hydrogen-bond acceptors (Lipinski definition) is 5. The molecule has 20 heavy (non-hydrogen) atoms. The lowest BCUT2D eigenvalue weighted by Gasteiger charge is -2.16. The third-order valence-electron chi connectivity index (χ3n) is 3.03. The fraction of sp³-hybridized carbons (Fsp3) is 0.231. The van der Waals surface area contributed by atoms with Gasteiger partial charge in [-0.1, -0.05) is 29.4 Å². The first-order valence-corrected chi connectivity index (χ1v) is 7.60. The second kappa shape index (κ2) is 5.38. The van der Waals surface area contributed by atoms with Crippen LogP contribution in [0.3, 0.4) is 0 Å². The summed E-state index contributed by atoms with van der Waals surface area (Å²) >= 11 is 7.53. The monoisotopic (exact) mass is 306 g/mol. The lowest BCUT2D eigenvalue weighted by atomic mass is 10.3. The minimum Gasteiger partial charge on any atom is -0.290 e. The molecule has 3 heterocycles. The number of halogens is 1. The molecule has 0 bridgehead atoms. The van der Waals surface area contributed by atoms with Crippen molar-refractivity contribution in [3.8, 4) is 0 Å². The first-order chi connectivity index (χ1) is 9.69. The van der Waals surface area contributed by atoms with Gasteiger partial charge in [0, 0.05) is 11.8 Å². The van der Waals surface area contributed by atoms with E-state index < -0.39 is 0 Å². The molecule has 2 aromatic rings. The number of pyridine rings is 1. The maximum Gasteiger partial charge on any atom is 0.233 e. The van der Waals surface area contributed by atoms with Crippen LogP contribution in [0.5, 0.6) is 0 Å². The number of thioether (sulfide) groups is 1. The van der Waals surface area contributed by atoms with Crippen LogP contribution in [0, 0.1) is 0 Å². The number of carbonyl (C=O) groups is 1. The van der Waals surface area contributed by atoms with Crippen LogP contribution >= 0.6 is 23.4 Å². The summed E-state index contributed by atoms with van der Waals surface area (Å²) in [4.78, 5) is 26.6. The standard InChI is InChI=1S/C13H11ClN4OS/c1-20-13-16-11(14)9-6-10(19)18(12(9)17-13)7-8-4-2-3-5-15-8/h2-5H,6-7H2,1H3. The van der Waals surface area contributed by atoms with Crippen molar-refractivity contribution in [2.75, 3.05) is 11.2 Å². The molecule has 1 aliphatic rings. The van der Waals surface area contributed by atoms with E-state index >= 15 is 0 Å². The zero-order valence-corrected chi connectivity index (χ0v) is 12.3. The van der Waals surface area contributed by atoms with Gasteiger partial charge in [0.1, 0.15) is 11.0 Å². The molecule has 0 spiro atoms. The van der Waals surface area contributed by atoms with Gasteiger partial charge in [0.15, 0.2) is 5.16 Å². The SMILES string of the molecule is CSc1nc(Cl)c2c(n1)N(Cc1ccccn1)C(=O)C2. The molecule has 0 fully saturated rings. The van der Waals surface area contributed by atoms with E-state index in [1.54, 1.807) is 11.1 Å². The summed E-state index contributed by atoms with van der Waals surface area (Å²) < 4.78 is 0. The van der Waals surface area contributed by atoms with Crippen molar-refractivity contribution < 1.29 is 4.79 Å². The summed E-state index contributed by atoms with van der Waals surface area (Å²) in [7, 11) is 0. The fourth-order valence-electron chi connectivity index (χ4n) is 2.07. The number of amides is 1. The largest absolute Gasteiger partial charge is 0.290 e. The van der Waals surface area contributed by atoms with E-state index in [4.69, 9.17) is 11.6 Å². The van der Waals surface area contributed by atoms with Gasteiger partial charge in [0.05, 0.1) is 18.7 Å². The molecule has 5 nitrogen and oxygen atoms in total. The highest BCUT2D eigenvalue weighted by atomic mass is 35.5. The van der Waals surface area contributed by atoms with Crippen LogP contribution in [0.15, 0.2) is 29.6 Å². The van der Waals surface area contributed by atoms with Crippen molar-refractivity contribution in [2.24, 2.45) is 0 Å². The number of fused-ring (bicyclic) bond motifs is 1. The van der Waals surface area contributed by atoms with Gasteiger partial charge in [-0.2, -0.15) is 0 Å². The maximum absolute atomic E-state index is 12.2. The molecule has 0 radical (unpaired) electrons. The van der Waals surface area contributed by atoms with Gasteiger partial charge in [-0.15, -0.1) is 0 Å². The topological polar surface area (TPSA) is 59.0 Å². The predicted octanol–water partition coefficient (Wildman–Crippen LogP) is 2.34. The van der Waals surface area contributed by atoms with Crippen LogP contribution in [0.1, 0.15) is 11.3 Å². The molecular formula is C13H11ClN4OS. The Balaban J connectivity index is 1.99. The Morgan fingerprint density at radius 1 is 1.40 bits per heavy atom. The van der Waals surface area contributed by atoms with E-state index in [1.807, 2.05) is 24.5 Å².